The van der Waals surface area contributed by atoms with Crippen molar-refractivity contribution in [2.75, 3.05) is 18.5 Å². The first kappa shape index (κ1) is 18.1. The molecule has 1 N–H and O–H groups in total. The molecule has 0 saturated heterocycles. The number of ether oxygens (including phenoxy) is 2. The molecule has 0 spiro atoms. The van der Waals surface area contributed by atoms with Crippen LogP contribution in [0.2, 0.25) is 0 Å². The van der Waals surface area contributed by atoms with Gasteiger partial charge in [-0.05, 0) is 36.8 Å². The lowest BCUT2D eigenvalue weighted by Gasteiger charge is -2.19. The van der Waals surface area contributed by atoms with Crippen LogP contribution in [0.25, 0.3) is 17.0 Å². The Bertz CT molecular complexity index is 1240. The van der Waals surface area contributed by atoms with E-state index >= 15 is 0 Å². The van der Waals surface area contributed by atoms with Crippen LogP contribution in [0.5, 0.6) is 11.5 Å². The minimum atomic E-state index is -0.301. The Morgan fingerprint density at radius 1 is 1.07 bits per heavy atom. The van der Waals surface area contributed by atoms with Gasteiger partial charge in [0.1, 0.15) is 24.6 Å². The number of pyridine rings is 1. The number of nitrogens with zero attached hydrogens (tertiary/aromatic N) is 4. The molecule has 4 heterocycles. The van der Waals surface area contributed by atoms with E-state index in [9.17, 15) is 4.79 Å². The van der Waals surface area contributed by atoms with Gasteiger partial charge in [0.2, 0.25) is 0 Å². The molecule has 30 heavy (non-hydrogen) atoms. The molecule has 0 aliphatic carbocycles. The van der Waals surface area contributed by atoms with Crippen molar-refractivity contribution in [3.63, 3.8) is 0 Å². The van der Waals surface area contributed by atoms with Crippen LogP contribution in [0.15, 0.2) is 54.7 Å². The highest BCUT2D eigenvalue weighted by atomic mass is 16.6. The zero-order chi connectivity index (χ0) is 20.5. The fraction of sp³-hybridized carbons (Fsp3) is 0.182. The third-order valence-corrected chi connectivity index (χ3v) is 4.82. The third-order valence-electron chi connectivity index (χ3n) is 4.82. The summed E-state index contributed by atoms with van der Waals surface area (Å²) in [5.74, 6) is 0.991. The van der Waals surface area contributed by atoms with E-state index in [1.807, 2.05) is 31.2 Å². The summed E-state index contributed by atoms with van der Waals surface area (Å²) in [6.45, 7) is 3.02. The first-order chi connectivity index (χ1) is 14.7. The summed E-state index contributed by atoms with van der Waals surface area (Å²) in [5, 5.41) is 7.50. The standard InChI is InChI=1S/C22H19N5O3/c1-2-15-12-18(22(28)24-14-6-7-19-20(11-14)30-10-9-29-19)25-21-13-17(26-27(15)21)16-5-3-4-8-23-16/h3-8,11-13H,2,9-10H2,1H3,(H,24,28). The van der Waals surface area contributed by atoms with Gasteiger partial charge in [-0.3, -0.25) is 9.78 Å². The molecule has 0 radical (unpaired) electrons. The Morgan fingerprint density at radius 3 is 2.73 bits per heavy atom. The van der Waals surface area contributed by atoms with Gasteiger partial charge in [0.25, 0.3) is 5.91 Å². The maximum atomic E-state index is 12.9. The maximum Gasteiger partial charge on any atom is 0.274 e. The number of aryl methyl sites for hydroxylation is 1. The van der Waals surface area contributed by atoms with Crippen molar-refractivity contribution in [2.45, 2.75) is 13.3 Å². The van der Waals surface area contributed by atoms with Crippen LogP contribution in [-0.2, 0) is 6.42 Å². The van der Waals surface area contributed by atoms with Gasteiger partial charge in [-0.15, -0.1) is 0 Å². The average molecular weight is 401 g/mol. The van der Waals surface area contributed by atoms with Gasteiger partial charge in [-0.25, -0.2) is 9.50 Å². The number of benzene rings is 1. The summed E-state index contributed by atoms with van der Waals surface area (Å²) < 4.78 is 12.9. The Balaban J connectivity index is 1.47. The van der Waals surface area contributed by atoms with Gasteiger partial charge in [0.15, 0.2) is 17.1 Å². The van der Waals surface area contributed by atoms with Crippen LogP contribution in [-0.4, -0.2) is 38.7 Å². The summed E-state index contributed by atoms with van der Waals surface area (Å²) in [4.78, 5) is 21.7. The van der Waals surface area contributed by atoms with Crippen molar-refractivity contribution in [3.05, 3.63) is 66.1 Å². The van der Waals surface area contributed by atoms with Crippen molar-refractivity contribution < 1.29 is 14.3 Å². The van der Waals surface area contributed by atoms with E-state index in [1.165, 1.54) is 0 Å². The smallest absolute Gasteiger partial charge is 0.274 e. The van der Waals surface area contributed by atoms with Crippen molar-refractivity contribution in [2.24, 2.45) is 0 Å². The molecule has 1 aliphatic heterocycles. The van der Waals surface area contributed by atoms with Crippen molar-refractivity contribution in [1.82, 2.24) is 19.6 Å². The molecule has 0 atom stereocenters. The van der Waals surface area contributed by atoms with E-state index in [4.69, 9.17) is 9.47 Å². The minimum absolute atomic E-state index is 0.301. The molecule has 3 aromatic heterocycles. The highest BCUT2D eigenvalue weighted by Gasteiger charge is 2.17. The predicted molar refractivity (Wildman–Crippen MR) is 111 cm³/mol. The van der Waals surface area contributed by atoms with E-state index in [1.54, 1.807) is 35.0 Å². The number of fused-ring (bicyclic) bond motifs is 2. The number of carbonyl (C=O) groups is 1. The van der Waals surface area contributed by atoms with E-state index in [-0.39, 0.29) is 5.91 Å². The highest BCUT2D eigenvalue weighted by Crippen LogP contribution is 2.32. The number of rotatable bonds is 4. The molecular weight excluding hydrogens is 382 g/mol. The maximum absolute atomic E-state index is 12.9. The molecule has 8 heteroatoms. The minimum Gasteiger partial charge on any atom is -0.486 e. The molecule has 1 aromatic carbocycles. The lowest BCUT2D eigenvalue weighted by atomic mass is 10.2. The molecule has 5 rings (SSSR count). The predicted octanol–water partition coefficient (Wildman–Crippen LogP) is 3.38. The van der Waals surface area contributed by atoms with Gasteiger partial charge < -0.3 is 14.8 Å². The van der Waals surface area contributed by atoms with E-state index in [0.717, 1.165) is 11.4 Å². The number of nitrogens with one attached hydrogen (secondary N) is 1. The second kappa shape index (κ2) is 7.47. The van der Waals surface area contributed by atoms with Crippen molar-refractivity contribution >= 4 is 17.2 Å². The summed E-state index contributed by atoms with van der Waals surface area (Å²) in [6.07, 6.45) is 2.42. The van der Waals surface area contributed by atoms with Gasteiger partial charge in [0.05, 0.1) is 5.69 Å². The Labute approximate surface area is 172 Å². The molecule has 0 saturated carbocycles. The monoisotopic (exact) mass is 401 g/mol. The molecule has 0 fully saturated rings. The SMILES string of the molecule is CCc1cc(C(=O)Nc2ccc3c(c2)OCCO3)nc2cc(-c3ccccn3)nn12. The van der Waals surface area contributed by atoms with Crippen LogP contribution in [0.3, 0.4) is 0 Å². The van der Waals surface area contributed by atoms with Gasteiger partial charge in [-0.2, -0.15) is 5.10 Å². The molecule has 4 aromatic rings. The van der Waals surface area contributed by atoms with Crippen LogP contribution < -0.4 is 14.8 Å². The second-order valence-corrected chi connectivity index (χ2v) is 6.81. The van der Waals surface area contributed by atoms with Crippen LogP contribution in [0.1, 0.15) is 23.1 Å². The first-order valence-electron chi connectivity index (χ1n) is 9.73. The second-order valence-electron chi connectivity index (χ2n) is 6.81. The average Bonchev–Trinajstić information content (AvgIpc) is 3.23. The summed E-state index contributed by atoms with van der Waals surface area (Å²) in [6, 6.07) is 14.6. The number of hydrogen-bond acceptors (Lipinski definition) is 6. The summed E-state index contributed by atoms with van der Waals surface area (Å²) in [5.41, 5.74) is 3.89. The topological polar surface area (TPSA) is 90.6 Å². The molecule has 8 nitrogen and oxygen atoms in total. The van der Waals surface area contributed by atoms with Crippen LogP contribution in [0, 0.1) is 0 Å². The van der Waals surface area contributed by atoms with Crippen LogP contribution >= 0.6 is 0 Å². The number of carbonyl (C=O) groups excluding carboxylic acids is 1. The van der Waals surface area contributed by atoms with Gasteiger partial charge >= 0.3 is 0 Å². The number of aromatic nitrogens is 4. The molecular formula is C22H19N5O3. The fourth-order valence-corrected chi connectivity index (χ4v) is 3.36. The van der Waals surface area contributed by atoms with Gasteiger partial charge in [-0.1, -0.05) is 13.0 Å². The Morgan fingerprint density at radius 2 is 1.93 bits per heavy atom. The Hall–Kier alpha value is -3.94. The van der Waals surface area contributed by atoms with Crippen LogP contribution in [0.4, 0.5) is 5.69 Å². The van der Waals surface area contributed by atoms with Gasteiger partial charge in [0, 0.05) is 29.7 Å². The summed E-state index contributed by atoms with van der Waals surface area (Å²) in [7, 11) is 0. The normalized spacial score (nSPS) is 12.7. The zero-order valence-corrected chi connectivity index (χ0v) is 16.3. The molecule has 0 bridgehead atoms. The van der Waals surface area contributed by atoms with Crippen molar-refractivity contribution in [3.8, 4) is 22.9 Å². The van der Waals surface area contributed by atoms with Crippen molar-refractivity contribution in [1.29, 1.82) is 0 Å². The zero-order valence-electron chi connectivity index (χ0n) is 16.3. The lowest BCUT2D eigenvalue weighted by Crippen LogP contribution is -2.17. The highest BCUT2D eigenvalue weighted by molar-refractivity contribution is 6.03. The Kier molecular flexibility index (Phi) is 4.51. The molecule has 1 aliphatic rings. The molecule has 0 unspecified atom stereocenters. The third kappa shape index (κ3) is 3.32. The molecule has 1 amide bonds. The van der Waals surface area contributed by atoms with E-state index < -0.39 is 0 Å². The van der Waals surface area contributed by atoms with E-state index in [0.29, 0.717) is 53.9 Å². The fourth-order valence-electron chi connectivity index (χ4n) is 3.36. The largest absolute Gasteiger partial charge is 0.486 e. The number of amides is 1. The lowest BCUT2D eigenvalue weighted by molar-refractivity contribution is 0.102. The number of hydrogen-bond donors (Lipinski definition) is 1. The number of anilines is 1. The van der Waals surface area contributed by atoms with E-state index in [2.05, 4.69) is 20.4 Å². The summed E-state index contributed by atoms with van der Waals surface area (Å²) >= 11 is 0. The quantitative estimate of drug-likeness (QED) is 0.564. The molecule has 150 valence electrons. The first-order valence-corrected chi connectivity index (χ1v) is 9.73.